The molecule has 0 aliphatic rings. The molecule has 1 aromatic carbocycles. The molecular weight excluding hydrogens is 450 g/mol. The average molecular weight is 480 g/mol. The Kier molecular flexibility index (Phi) is 9.72. The van der Waals surface area contributed by atoms with E-state index in [9.17, 15) is 25.4 Å². The monoisotopic (exact) mass is 479 g/mol. The minimum Gasteiger partial charge on any atom is -0.492 e. The maximum atomic E-state index is 12.6. The first kappa shape index (κ1) is 26.7. The summed E-state index contributed by atoms with van der Waals surface area (Å²) in [6.45, 7) is 6.87. The van der Waals surface area contributed by atoms with Gasteiger partial charge in [0.05, 0.1) is 30.6 Å². The topological polar surface area (TPSA) is 165 Å². The van der Waals surface area contributed by atoms with E-state index in [0.29, 0.717) is 40.1 Å². The van der Waals surface area contributed by atoms with Crippen molar-refractivity contribution in [3.05, 3.63) is 34.3 Å². The summed E-state index contributed by atoms with van der Waals surface area (Å²) in [7, 11) is 0. The van der Waals surface area contributed by atoms with Crippen LogP contribution in [-0.2, 0) is 4.74 Å². The number of nitrogens with one attached hydrogen (secondary N) is 1. The first-order valence-corrected chi connectivity index (χ1v) is 11.1. The largest absolute Gasteiger partial charge is 0.492 e. The number of aromatic nitrogens is 1. The molecular formula is C22H29N3O7S. The second-order valence-corrected chi connectivity index (χ2v) is 8.87. The summed E-state index contributed by atoms with van der Waals surface area (Å²) in [5.41, 5.74) is 1.37. The van der Waals surface area contributed by atoms with Crippen molar-refractivity contribution in [1.29, 1.82) is 5.26 Å². The van der Waals surface area contributed by atoms with Crippen LogP contribution < -0.4 is 10.1 Å². The minimum absolute atomic E-state index is 0.198. The van der Waals surface area contributed by atoms with Gasteiger partial charge in [0.25, 0.3) is 5.91 Å². The lowest BCUT2D eigenvalue weighted by molar-refractivity contribution is -0.215. The zero-order valence-corrected chi connectivity index (χ0v) is 19.7. The number of benzene rings is 1. The quantitative estimate of drug-likeness (QED) is 0.297. The van der Waals surface area contributed by atoms with Crippen LogP contribution in [0, 0.1) is 24.2 Å². The van der Waals surface area contributed by atoms with Crippen molar-refractivity contribution >= 4 is 17.2 Å². The van der Waals surface area contributed by atoms with Crippen LogP contribution >= 0.6 is 11.3 Å². The van der Waals surface area contributed by atoms with E-state index in [4.69, 9.17) is 14.6 Å². The SMILES string of the molecule is Cc1nc(-c2ccc(OCC(C)C)c(C#N)c2)sc1C(=O)NC(O)C(O)OC(CO)C(C)O. The molecule has 1 amide bonds. The number of carbonyl (C=O) groups is 1. The molecule has 0 saturated carbocycles. The zero-order valence-electron chi connectivity index (χ0n) is 18.8. The van der Waals surface area contributed by atoms with Gasteiger partial charge in [-0.25, -0.2) is 4.98 Å². The first-order valence-electron chi connectivity index (χ1n) is 10.3. The summed E-state index contributed by atoms with van der Waals surface area (Å²) in [4.78, 5) is 17.2. The molecule has 0 saturated heterocycles. The second kappa shape index (κ2) is 12.0. The van der Waals surface area contributed by atoms with Crippen molar-refractivity contribution in [1.82, 2.24) is 10.3 Å². The highest BCUT2D eigenvalue weighted by Gasteiger charge is 2.27. The molecule has 10 nitrogen and oxygen atoms in total. The van der Waals surface area contributed by atoms with E-state index in [2.05, 4.69) is 16.4 Å². The van der Waals surface area contributed by atoms with Crippen LogP contribution in [0.25, 0.3) is 10.6 Å². The van der Waals surface area contributed by atoms with Gasteiger partial charge in [-0.2, -0.15) is 5.26 Å². The molecule has 0 radical (unpaired) electrons. The van der Waals surface area contributed by atoms with Gasteiger partial charge in [0.2, 0.25) is 6.29 Å². The van der Waals surface area contributed by atoms with Gasteiger partial charge in [0, 0.05) is 5.56 Å². The fourth-order valence-corrected chi connectivity index (χ4v) is 3.66. The molecule has 1 heterocycles. The molecule has 1 aromatic heterocycles. The maximum Gasteiger partial charge on any atom is 0.265 e. The Balaban J connectivity index is 2.14. The molecule has 2 aromatic rings. The van der Waals surface area contributed by atoms with Crippen LogP contribution in [0.5, 0.6) is 5.75 Å². The van der Waals surface area contributed by atoms with E-state index >= 15 is 0 Å². The summed E-state index contributed by atoms with van der Waals surface area (Å²) in [6, 6.07) is 7.16. The van der Waals surface area contributed by atoms with Gasteiger partial charge in [-0.15, -0.1) is 11.3 Å². The highest BCUT2D eigenvalue weighted by molar-refractivity contribution is 7.17. The number of aryl methyl sites for hydroxylation is 1. The molecule has 0 bridgehead atoms. The standard InChI is InChI=1S/C22H29N3O7S/c1-11(2)10-31-16-6-5-14(7-15(16)8-23)21-24-12(3)18(33-21)19(28)25-20(29)22(30)32-17(9-26)13(4)27/h5-7,11,13,17,20,22,26-27,29-30H,9-10H2,1-4H3,(H,25,28). The third kappa shape index (κ3) is 7.20. The molecule has 4 unspecified atom stereocenters. The minimum atomic E-state index is -1.87. The van der Waals surface area contributed by atoms with Crippen LogP contribution in [0.15, 0.2) is 18.2 Å². The van der Waals surface area contributed by atoms with E-state index in [0.717, 1.165) is 11.3 Å². The fourth-order valence-electron chi connectivity index (χ4n) is 2.70. The summed E-state index contributed by atoms with van der Waals surface area (Å²) in [5, 5.41) is 50.7. The number of ether oxygens (including phenoxy) is 2. The van der Waals surface area contributed by atoms with Crippen LogP contribution in [0.1, 0.15) is 41.7 Å². The van der Waals surface area contributed by atoms with E-state index < -0.39 is 37.2 Å². The summed E-state index contributed by atoms with van der Waals surface area (Å²) in [5.74, 6) is 0.0813. The van der Waals surface area contributed by atoms with Crippen molar-refractivity contribution < 1.29 is 34.7 Å². The van der Waals surface area contributed by atoms with Gasteiger partial charge in [0.1, 0.15) is 27.8 Å². The molecule has 11 heteroatoms. The summed E-state index contributed by atoms with van der Waals surface area (Å²) >= 11 is 1.05. The predicted molar refractivity (Wildman–Crippen MR) is 120 cm³/mol. The Bertz CT molecular complexity index is 987. The number of rotatable bonds is 11. The van der Waals surface area contributed by atoms with Crippen LogP contribution in [0.4, 0.5) is 0 Å². The molecule has 4 atom stereocenters. The Morgan fingerprint density at radius 2 is 1.97 bits per heavy atom. The number of nitrogens with zero attached hydrogens (tertiary/aromatic N) is 2. The highest BCUT2D eigenvalue weighted by Crippen LogP contribution is 2.31. The van der Waals surface area contributed by atoms with Crippen LogP contribution in [-0.4, -0.2) is 69.3 Å². The Labute approximate surface area is 196 Å². The summed E-state index contributed by atoms with van der Waals surface area (Å²) < 4.78 is 10.6. The van der Waals surface area contributed by atoms with E-state index in [1.165, 1.54) is 6.92 Å². The first-order chi connectivity index (χ1) is 15.6. The number of nitriles is 1. The number of hydrogen-bond acceptors (Lipinski definition) is 10. The molecule has 0 aliphatic heterocycles. The van der Waals surface area contributed by atoms with E-state index in [1.807, 2.05) is 13.8 Å². The Morgan fingerprint density at radius 1 is 1.27 bits per heavy atom. The van der Waals surface area contributed by atoms with Gasteiger partial charge >= 0.3 is 0 Å². The molecule has 0 aliphatic carbocycles. The third-order valence-corrected chi connectivity index (χ3v) is 5.71. The van der Waals surface area contributed by atoms with Crippen molar-refractivity contribution in [2.75, 3.05) is 13.2 Å². The van der Waals surface area contributed by atoms with Crippen molar-refractivity contribution in [2.24, 2.45) is 5.92 Å². The molecule has 2 rings (SSSR count). The van der Waals surface area contributed by atoms with E-state index in [1.54, 1.807) is 25.1 Å². The Morgan fingerprint density at radius 3 is 2.55 bits per heavy atom. The van der Waals surface area contributed by atoms with Crippen LogP contribution in [0.2, 0.25) is 0 Å². The molecule has 0 spiro atoms. The lowest BCUT2D eigenvalue weighted by atomic mass is 10.1. The third-order valence-electron chi connectivity index (χ3n) is 4.50. The number of carbonyl (C=O) groups excluding carboxylic acids is 1. The number of aliphatic hydroxyl groups excluding tert-OH is 4. The normalized spacial score (nSPS) is 14.9. The summed E-state index contributed by atoms with van der Waals surface area (Å²) in [6.07, 6.45) is -5.91. The zero-order chi connectivity index (χ0) is 24.7. The molecule has 180 valence electrons. The van der Waals surface area contributed by atoms with Gasteiger partial charge in [-0.3, -0.25) is 4.79 Å². The van der Waals surface area contributed by atoms with Crippen molar-refractivity contribution in [3.63, 3.8) is 0 Å². The second-order valence-electron chi connectivity index (χ2n) is 7.87. The highest BCUT2D eigenvalue weighted by atomic mass is 32.1. The molecule has 33 heavy (non-hydrogen) atoms. The van der Waals surface area contributed by atoms with Gasteiger partial charge in [0.15, 0.2) is 6.23 Å². The fraction of sp³-hybridized carbons (Fsp3) is 0.500. The maximum absolute atomic E-state index is 12.6. The van der Waals surface area contributed by atoms with Gasteiger partial charge in [-0.05, 0) is 38.0 Å². The van der Waals surface area contributed by atoms with Crippen LogP contribution in [0.3, 0.4) is 0 Å². The van der Waals surface area contributed by atoms with Gasteiger partial charge < -0.3 is 35.2 Å². The number of hydrogen-bond donors (Lipinski definition) is 5. The lowest BCUT2D eigenvalue weighted by Crippen LogP contribution is -2.47. The van der Waals surface area contributed by atoms with Crippen molar-refractivity contribution in [3.8, 4) is 22.4 Å². The van der Waals surface area contributed by atoms with Crippen molar-refractivity contribution in [2.45, 2.75) is 52.4 Å². The number of aliphatic hydroxyl groups is 4. The molecule has 5 N–H and O–H groups in total. The van der Waals surface area contributed by atoms with E-state index in [-0.39, 0.29) is 4.88 Å². The molecule has 0 fully saturated rings. The average Bonchev–Trinajstić information content (AvgIpc) is 3.16. The smallest absolute Gasteiger partial charge is 0.265 e. The Hall–Kier alpha value is -2.59. The number of thiazole rings is 1. The lowest BCUT2D eigenvalue weighted by Gasteiger charge is -2.25. The van der Waals surface area contributed by atoms with Gasteiger partial charge in [-0.1, -0.05) is 13.8 Å². The predicted octanol–water partition coefficient (Wildman–Crippen LogP) is 1.15. The number of amides is 1.